The zero-order valence-corrected chi connectivity index (χ0v) is 9.43. The molecule has 1 saturated carbocycles. The van der Waals surface area contributed by atoms with Gasteiger partial charge in [-0.05, 0) is 31.1 Å². The van der Waals surface area contributed by atoms with Gasteiger partial charge in [-0.15, -0.1) is 0 Å². The van der Waals surface area contributed by atoms with Crippen LogP contribution in [0.5, 0.6) is 0 Å². The Kier molecular flexibility index (Phi) is 2.44. The normalized spacial score (nSPS) is 31.9. The van der Waals surface area contributed by atoms with E-state index in [4.69, 9.17) is 15.0 Å². The zero-order valence-electron chi connectivity index (χ0n) is 9.43. The molecule has 3 unspecified atom stereocenters. The molecule has 16 heavy (non-hydrogen) atoms. The van der Waals surface area contributed by atoms with E-state index in [-0.39, 0.29) is 12.1 Å². The molecule has 1 aliphatic heterocycles. The first kappa shape index (κ1) is 10.2. The second-order valence-electron chi connectivity index (χ2n) is 4.91. The highest BCUT2D eigenvalue weighted by molar-refractivity contribution is 5.02. The van der Waals surface area contributed by atoms with Crippen molar-refractivity contribution >= 4 is 0 Å². The molecule has 1 aromatic heterocycles. The topological polar surface area (TPSA) is 74.2 Å². The van der Waals surface area contributed by atoms with Gasteiger partial charge >= 0.3 is 0 Å². The number of ether oxygens (including phenoxy) is 1. The molecular weight excluding hydrogens is 206 g/mol. The second-order valence-corrected chi connectivity index (χ2v) is 4.91. The molecule has 2 fully saturated rings. The van der Waals surface area contributed by atoms with Gasteiger partial charge in [-0.1, -0.05) is 12.1 Å². The lowest BCUT2D eigenvalue weighted by Gasteiger charge is -2.08. The van der Waals surface area contributed by atoms with Crippen molar-refractivity contribution in [2.45, 2.75) is 38.3 Å². The molecule has 5 heteroatoms. The minimum Gasteiger partial charge on any atom is -0.368 e. The highest BCUT2D eigenvalue weighted by atomic mass is 16.5. The van der Waals surface area contributed by atoms with E-state index in [0.29, 0.717) is 23.6 Å². The van der Waals surface area contributed by atoms with Gasteiger partial charge in [0.25, 0.3) is 5.89 Å². The number of rotatable bonds is 3. The molecule has 2 aliphatic rings. The number of hydrogen-bond donors (Lipinski definition) is 1. The zero-order chi connectivity index (χ0) is 11.1. The summed E-state index contributed by atoms with van der Waals surface area (Å²) >= 11 is 0. The van der Waals surface area contributed by atoms with Crippen LogP contribution >= 0.6 is 0 Å². The standard InChI is InChI=1S/C11H17N3O2/c1-6-4-5-15-9(6)11-13-10(14-16-11)8(12)7-2-3-7/h6-9H,2-5,12H2,1H3. The van der Waals surface area contributed by atoms with E-state index in [2.05, 4.69) is 17.1 Å². The fourth-order valence-corrected chi connectivity index (χ4v) is 2.18. The molecule has 2 N–H and O–H groups in total. The van der Waals surface area contributed by atoms with Crippen molar-refractivity contribution in [2.24, 2.45) is 17.6 Å². The molecule has 0 radical (unpaired) electrons. The largest absolute Gasteiger partial charge is 0.368 e. The van der Waals surface area contributed by atoms with E-state index in [1.807, 2.05) is 0 Å². The third kappa shape index (κ3) is 1.74. The summed E-state index contributed by atoms with van der Waals surface area (Å²) < 4.78 is 10.8. The van der Waals surface area contributed by atoms with Gasteiger partial charge < -0.3 is 15.0 Å². The smallest absolute Gasteiger partial charge is 0.256 e. The van der Waals surface area contributed by atoms with Gasteiger partial charge in [0.05, 0.1) is 6.04 Å². The first-order chi connectivity index (χ1) is 7.75. The maximum atomic E-state index is 6.02. The first-order valence-electron chi connectivity index (χ1n) is 5.96. The molecule has 3 rings (SSSR count). The van der Waals surface area contributed by atoms with Crippen molar-refractivity contribution in [1.82, 2.24) is 10.1 Å². The van der Waals surface area contributed by atoms with Crippen molar-refractivity contribution in [1.29, 1.82) is 0 Å². The molecule has 0 bridgehead atoms. The summed E-state index contributed by atoms with van der Waals surface area (Å²) in [5.41, 5.74) is 6.02. The molecule has 1 aliphatic carbocycles. The lowest BCUT2D eigenvalue weighted by Crippen LogP contribution is -2.14. The van der Waals surface area contributed by atoms with Crippen LogP contribution in [0.1, 0.15) is 50.0 Å². The van der Waals surface area contributed by atoms with Crippen LogP contribution in [-0.4, -0.2) is 16.7 Å². The minimum absolute atomic E-state index is 0.0346. The average molecular weight is 223 g/mol. The van der Waals surface area contributed by atoms with E-state index in [1.54, 1.807) is 0 Å². The van der Waals surface area contributed by atoms with E-state index in [0.717, 1.165) is 13.0 Å². The van der Waals surface area contributed by atoms with Crippen LogP contribution in [0.4, 0.5) is 0 Å². The van der Waals surface area contributed by atoms with Crippen molar-refractivity contribution in [3.8, 4) is 0 Å². The molecule has 1 saturated heterocycles. The lowest BCUT2D eigenvalue weighted by atomic mass is 10.0. The Balaban J connectivity index is 1.76. The molecule has 3 atom stereocenters. The van der Waals surface area contributed by atoms with Crippen molar-refractivity contribution in [3.05, 3.63) is 11.7 Å². The molecule has 5 nitrogen and oxygen atoms in total. The number of aromatic nitrogens is 2. The van der Waals surface area contributed by atoms with Crippen LogP contribution < -0.4 is 5.73 Å². The number of hydrogen-bond acceptors (Lipinski definition) is 5. The lowest BCUT2D eigenvalue weighted by molar-refractivity contribution is 0.0661. The Labute approximate surface area is 94.3 Å². The highest BCUT2D eigenvalue weighted by Gasteiger charge is 2.35. The Morgan fingerprint density at radius 1 is 1.38 bits per heavy atom. The van der Waals surface area contributed by atoms with Gasteiger partial charge in [0.2, 0.25) is 0 Å². The molecule has 88 valence electrons. The summed E-state index contributed by atoms with van der Waals surface area (Å²) in [7, 11) is 0. The van der Waals surface area contributed by atoms with Crippen LogP contribution in [-0.2, 0) is 4.74 Å². The van der Waals surface area contributed by atoms with Crippen molar-refractivity contribution in [2.75, 3.05) is 6.61 Å². The quantitative estimate of drug-likeness (QED) is 0.842. The molecular formula is C11H17N3O2. The van der Waals surface area contributed by atoms with Crippen LogP contribution in [0.15, 0.2) is 4.52 Å². The van der Waals surface area contributed by atoms with Crippen LogP contribution in [0.25, 0.3) is 0 Å². The average Bonchev–Trinajstić information content (AvgIpc) is 2.86. The SMILES string of the molecule is CC1CCOC1c1nc(C(N)C2CC2)no1. The van der Waals surface area contributed by atoms with Crippen LogP contribution in [0, 0.1) is 11.8 Å². The van der Waals surface area contributed by atoms with Gasteiger partial charge in [0, 0.05) is 6.61 Å². The molecule has 0 spiro atoms. The molecule has 0 aromatic carbocycles. The van der Waals surface area contributed by atoms with Crippen LogP contribution in [0.2, 0.25) is 0 Å². The Morgan fingerprint density at radius 2 is 2.19 bits per heavy atom. The second kappa shape index (κ2) is 3.82. The van der Waals surface area contributed by atoms with Gasteiger partial charge in [-0.3, -0.25) is 0 Å². The van der Waals surface area contributed by atoms with Gasteiger partial charge in [0.15, 0.2) is 5.82 Å². The van der Waals surface area contributed by atoms with Crippen molar-refractivity contribution < 1.29 is 9.26 Å². The predicted octanol–water partition coefficient (Wildman–Crippen LogP) is 1.58. The minimum atomic E-state index is -0.0609. The van der Waals surface area contributed by atoms with E-state index < -0.39 is 0 Å². The Morgan fingerprint density at radius 3 is 2.81 bits per heavy atom. The van der Waals surface area contributed by atoms with E-state index in [1.165, 1.54) is 12.8 Å². The Bertz CT molecular complexity index is 375. The fourth-order valence-electron chi connectivity index (χ4n) is 2.18. The molecule has 0 amide bonds. The maximum Gasteiger partial charge on any atom is 0.256 e. The van der Waals surface area contributed by atoms with Gasteiger partial charge in [0.1, 0.15) is 6.10 Å². The van der Waals surface area contributed by atoms with Gasteiger partial charge in [-0.25, -0.2) is 0 Å². The molecule has 1 aromatic rings. The summed E-state index contributed by atoms with van der Waals surface area (Å²) in [5.74, 6) is 2.23. The first-order valence-corrected chi connectivity index (χ1v) is 5.96. The summed E-state index contributed by atoms with van der Waals surface area (Å²) in [5, 5.41) is 3.97. The fraction of sp³-hybridized carbons (Fsp3) is 0.818. The maximum absolute atomic E-state index is 6.02. The summed E-state index contributed by atoms with van der Waals surface area (Å²) in [4.78, 5) is 4.38. The van der Waals surface area contributed by atoms with Crippen molar-refractivity contribution in [3.63, 3.8) is 0 Å². The summed E-state index contributed by atoms with van der Waals surface area (Å²) in [6, 6.07) is -0.0609. The summed E-state index contributed by atoms with van der Waals surface area (Å²) in [6.45, 7) is 2.92. The predicted molar refractivity (Wildman–Crippen MR) is 56.4 cm³/mol. The van der Waals surface area contributed by atoms with E-state index in [9.17, 15) is 0 Å². The Hall–Kier alpha value is -0.940. The highest BCUT2D eigenvalue weighted by Crippen LogP contribution is 2.39. The summed E-state index contributed by atoms with van der Waals surface area (Å²) in [6.07, 6.45) is 3.38. The third-order valence-electron chi connectivity index (χ3n) is 3.52. The van der Waals surface area contributed by atoms with Crippen LogP contribution in [0.3, 0.4) is 0 Å². The third-order valence-corrected chi connectivity index (χ3v) is 3.52. The number of nitrogens with two attached hydrogens (primary N) is 1. The monoisotopic (exact) mass is 223 g/mol. The number of nitrogens with zero attached hydrogens (tertiary/aromatic N) is 2. The van der Waals surface area contributed by atoms with Gasteiger partial charge in [-0.2, -0.15) is 4.98 Å². The molecule has 2 heterocycles. The van der Waals surface area contributed by atoms with E-state index >= 15 is 0 Å².